The quantitative estimate of drug-likeness (QED) is 0.671. The van der Waals surface area contributed by atoms with Crippen molar-refractivity contribution in [2.75, 3.05) is 0 Å². The summed E-state index contributed by atoms with van der Waals surface area (Å²) in [5.41, 5.74) is 7.87. The fourth-order valence-corrected chi connectivity index (χ4v) is 3.13. The largest absolute Gasteiger partial charge is 0.271 e. The van der Waals surface area contributed by atoms with E-state index in [1.807, 2.05) is 12.1 Å². The minimum atomic E-state index is -0.0665. The molecule has 4 heteroatoms. The first kappa shape index (κ1) is 13.6. The molecule has 0 radical (unpaired) electrons. The van der Waals surface area contributed by atoms with Crippen molar-refractivity contribution in [1.29, 1.82) is 0 Å². The van der Waals surface area contributed by atoms with E-state index in [0.717, 1.165) is 12.1 Å². The first-order valence-corrected chi connectivity index (χ1v) is 7.33. The molecule has 1 unspecified atom stereocenters. The number of rotatable bonds is 4. The van der Waals surface area contributed by atoms with Crippen molar-refractivity contribution >= 4 is 11.6 Å². The van der Waals surface area contributed by atoms with E-state index < -0.39 is 0 Å². The molecule has 1 aromatic carbocycles. The number of halogens is 1. The summed E-state index contributed by atoms with van der Waals surface area (Å²) in [5.74, 6) is 5.69. The molecule has 0 spiro atoms. The van der Waals surface area contributed by atoms with E-state index in [1.165, 1.54) is 36.0 Å². The number of pyridine rings is 1. The van der Waals surface area contributed by atoms with Crippen LogP contribution in [0.1, 0.15) is 34.8 Å². The third-order valence-electron chi connectivity index (χ3n) is 3.92. The van der Waals surface area contributed by atoms with Gasteiger partial charge in [0, 0.05) is 6.20 Å². The standard InChI is InChI=1S/C16H18ClN3/c17-14-5-2-8-19-16(14)15(20-18)10-11-6-7-12-3-1-4-13(12)9-11/h2,5-9,15,20H,1,3-4,10,18H2. The number of aryl methyl sites for hydroxylation is 2. The highest BCUT2D eigenvalue weighted by Crippen LogP contribution is 2.26. The lowest BCUT2D eigenvalue weighted by Crippen LogP contribution is -2.30. The minimum absolute atomic E-state index is 0.0665. The van der Waals surface area contributed by atoms with E-state index in [0.29, 0.717) is 5.02 Å². The van der Waals surface area contributed by atoms with Crippen molar-refractivity contribution in [3.8, 4) is 0 Å². The molecule has 3 nitrogen and oxygen atoms in total. The Bertz CT molecular complexity index is 612. The summed E-state index contributed by atoms with van der Waals surface area (Å²) < 4.78 is 0. The van der Waals surface area contributed by atoms with Gasteiger partial charge < -0.3 is 0 Å². The van der Waals surface area contributed by atoms with Gasteiger partial charge in [0.15, 0.2) is 0 Å². The number of nitrogens with two attached hydrogens (primary N) is 1. The van der Waals surface area contributed by atoms with Crippen LogP contribution in [-0.2, 0) is 19.3 Å². The van der Waals surface area contributed by atoms with E-state index >= 15 is 0 Å². The summed E-state index contributed by atoms with van der Waals surface area (Å²) in [6, 6.07) is 10.3. The fraction of sp³-hybridized carbons (Fsp3) is 0.312. The Hall–Kier alpha value is -1.42. The number of hydrogen-bond donors (Lipinski definition) is 2. The highest BCUT2D eigenvalue weighted by atomic mass is 35.5. The lowest BCUT2D eigenvalue weighted by molar-refractivity contribution is 0.538. The fourth-order valence-electron chi connectivity index (χ4n) is 2.88. The van der Waals surface area contributed by atoms with Crippen LogP contribution in [0.3, 0.4) is 0 Å². The van der Waals surface area contributed by atoms with E-state index in [9.17, 15) is 0 Å². The third-order valence-corrected chi connectivity index (χ3v) is 4.24. The second-order valence-corrected chi connectivity index (χ2v) is 5.66. The van der Waals surface area contributed by atoms with Crippen molar-refractivity contribution in [2.24, 2.45) is 5.84 Å². The van der Waals surface area contributed by atoms with Gasteiger partial charge >= 0.3 is 0 Å². The number of benzene rings is 1. The van der Waals surface area contributed by atoms with Crippen molar-refractivity contribution in [1.82, 2.24) is 10.4 Å². The summed E-state index contributed by atoms with van der Waals surface area (Å²) in [7, 11) is 0. The number of hydrazine groups is 1. The lowest BCUT2D eigenvalue weighted by atomic mass is 9.99. The number of nitrogens with zero attached hydrogens (tertiary/aromatic N) is 1. The van der Waals surface area contributed by atoms with Crippen LogP contribution < -0.4 is 11.3 Å². The van der Waals surface area contributed by atoms with Gasteiger partial charge in [-0.2, -0.15) is 0 Å². The van der Waals surface area contributed by atoms with Gasteiger partial charge in [0.05, 0.1) is 16.8 Å². The lowest BCUT2D eigenvalue weighted by Gasteiger charge is -2.17. The van der Waals surface area contributed by atoms with Gasteiger partial charge in [-0.15, -0.1) is 0 Å². The predicted octanol–water partition coefficient (Wildman–Crippen LogP) is 2.97. The van der Waals surface area contributed by atoms with Crippen LogP contribution in [0.25, 0.3) is 0 Å². The molecule has 20 heavy (non-hydrogen) atoms. The maximum absolute atomic E-state index is 6.20. The van der Waals surface area contributed by atoms with E-state index in [1.54, 1.807) is 6.20 Å². The molecule has 0 bridgehead atoms. The second kappa shape index (κ2) is 5.92. The molecule has 1 aliphatic rings. The molecular weight excluding hydrogens is 270 g/mol. The maximum Gasteiger partial charge on any atom is 0.0775 e. The van der Waals surface area contributed by atoms with Crippen molar-refractivity contribution < 1.29 is 0 Å². The van der Waals surface area contributed by atoms with Crippen LogP contribution in [0.15, 0.2) is 36.5 Å². The maximum atomic E-state index is 6.20. The zero-order chi connectivity index (χ0) is 13.9. The molecule has 0 aliphatic heterocycles. The zero-order valence-corrected chi connectivity index (χ0v) is 12.0. The topological polar surface area (TPSA) is 50.9 Å². The van der Waals surface area contributed by atoms with Gasteiger partial charge in [-0.05, 0) is 54.5 Å². The van der Waals surface area contributed by atoms with Crippen LogP contribution in [0.5, 0.6) is 0 Å². The first-order chi connectivity index (χ1) is 9.78. The molecule has 1 heterocycles. The highest BCUT2D eigenvalue weighted by molar-refractivity contribution is 6.31. The molecule has 0 amide bonds. The van der Waals surface area contributed by atoms with Gasteiger partial charge in [0.25, 0.3) is 0 Å². The van der Waals surface area contributed by atoms with E-state index in [2.05, 4.69) is 28.6 Å². The Balaban J connectivity index is 1.83. The second-order valence-electron chi connectivity index (χ2n) is 5.25. The van der Waals surface area contributed by atoms with Gasteiger partial charge in [0.1, 0.15) is 0 Å². The van der Waals surface area contributed by atoms with Crippen LogP contribution in [0, 0.1) is 0 Å². The summed E-state index contributed by atoms with van der Waals surface area (Å²) >= 11 is 6.20. The van der Waals surface area contributed by atoms with Gasteiger partial charge in [-0.3, -0.25) is 16.3 Å². The monoisotopic (exact) mass is 287 g/mol. The van der Waals surface area contributed by atoms with Crippen LogP contribution in [-0.4, -0.2) is 4.98 Å². The molecule has 104 valence electrons. The van der Waals surface area contributed by atoms with Gasteiger partial charge in [-0.1, -0.05) is 29.8 Å². The SMILES string of the molecule is NNC(Cc1ccc2c(c1)CCC2)c1ncccc1Cl. The molecule has 0 saturated heterocycles. The zero-order valence-electron chi connectivity index (χ0n) is 11.3. The Morgan fingerprint density at radius 2 is 2.10 bits per heavy atom. The first-order valence-electron chi connectivity index (χ1n) is 6.95. The van der Waals surface area contributed by atoms with Gasteiger partial charge in [0.2, 0.25) is 0 Å². The van der Waals surface area contributed by atoms with Crippen molar-refractivity contribution in [2.45, 2.75) is 31.7 Å². The van der Waals surface area contributed by atoms with Crippen molar-refractivity contribution in [3.05, 3.63) is 63.9 Å². The molecular formula is C16H18ClN3. The normalized spacial score (nSPS) is 15.1. The minimum Gasteiger partial charge on any atom is -0.271 e. The average molecular weight is 288 g/mol. The summed E-state index contributed by atoms with van der Waals surface area (Å²) in [4.78, 5) is 4.34. The Kier molecular flexibility index (Phi) is 4.01. The number of hydrogen-bond acceptors (Lipinski definition) is 3. The predicted molar refractivity (Wildman–Crippen MR) is 81.5 cm³/mol. The summed E-state index contributed by atoms with van der Waals surface area (Å²) in [6.45, 7) is 0. The molecule has 1 aromatic heterocycles. The van der Waals surface area contributed by atoms with Gasteiger partial charge in [-0.25, -0.2) is 0 Å². The molecule has 0 saturated carbocycles. The van der Waals surface area contributed by atoms with Crippen LogP contribution in [0.4, 0.5) is 0 Å². The molecule has 3 N–H and O–H groups in total. The number of fused-ring (bicyclic) bond motifs is 1. The average Bonchev–Trinajstić information content (AvgIpc) is 2.93. The molecule has 1 atom stereocenters. The Morgan fingerprint density at radius 1 is 1.25 bits per heavy atom. The smallest absolute Gasteiger partial charge is 0.0775 e. The Labute approximate surface area is 124 Å². The van der Waals surface area contributed by atoms with E-state index in [4.69, 9.17) is 17.4 Å². The van der Waals surface area contributed by atoms with Crippen LogP contribution in [0.2, 0.25) is 5.02 Å². The van der Waals surface area contributed by atoms with Crippen LogP contribution >= 0.6 is 11.6 Å². The van der Waals surface area contributed by atoms with Crippen molar-refractivity contribution in [3.63, 3.8) is 0 Å². The number of nitrogens with one attached hydrogen (secondary N) is 1. The number of aromatic nitrogens is 1. The summed E-state index contributed by atoms with van der Waals surface area (Å²) in [5, 5.41) is 0.650. The Morgan fingerprint density at radius 3 is 2.90 bits per heavy atom. The summed E-state index contributed by atoms with van der Waals surface area (Å²) in [6.07, 6.45) is 6.20. The molecule has 3 rings (SSSR count). The molecule has 0 fully saturated rings. The highest BCUT2D eigenvalue weighted by Gasteiger charge is 2.17. The van der Waals surface area contributed by atoms with E-state index in [-0.39, 0.29) is 6.04 Å². The molecule has 2 aromatic rings. The third kappa shape index (κ3) is 2.70. The molecule has 1 aliphatic carbocycles.